The van der Waals surface area contributed by atoms with E-state index in [1.165, 1.54) is 0 Å². The second-order valence-electron chi connectivity index (χ2n) is 6.14. The monoisotopic (exact) mass is 461 g/mol. The smallest absolute Gasteiger partial charge is 0.373 e. The summed E-state index contributed by atoms with van der Waals surface area (Å²) in [5.74, 6) is 0. The van der Waals surface area contributed by atoms with Gasteiger partial charge in [-0.05, 0) is 48.0 Å². The maximum Gasteiger partial charge on any atom is 0.537 e. The summed E-state index contributed by atoms with van der Waals surface area (Å²) in [4.78, 5) is 0. The quantitative estimate of drug-likeness (QED) is 0.402. The van der Waals surface area contributed by atoms with Crippen LogP contribution in [0.5, 0.6) is 0 Å². The average Bonchev–Trinajstić information content (AvgIpc) is 2.75. The summed E-state index contributed by atoms with van der Waals surface area (Å²) in [5.41, 5.74) is 5.87. The van der Waals surface area contributed by atoms with Crippen LogP contribution in [-0.4, -0.2) is 62.9 Å². The maximum atomic E-state index is 6.00. The molecule has 0 radical (unpaired) electrons. The zero-order valence-electron chi connectivity index (χ0n) is 19.9. The van der Waals surface area contributed by atoms with Gasteiger partial charge in [-0.1, -0.05) is 37.3 Å². The van der Waals surface area contributed by atoms with Gasteiger partial charge in [-0.3, -0.25) is 0 Å². The standard InChI is InChI=1S/C12H20O3Si.C9H23NO3Si/c1-4-13-16(14-5-2,15-6-3)12-10-8-7-9-11-12;1-5-9(10)14(11-6-2,12-7-3)13-8-4/h7-11H,4-6H2,1-3H3;9H,5-8,10H2,1-4H3. The fourth-order valence-corrected chi connectivity index (χ4v) is 7.98. The van der Waals surface area contributed by atoms with Crippen molar-refractivity contribution in [2.45, 2.75) is 60.6 Å². The van der Waals surface area contributed by atoms with Crippen molar-refractivity contribution >= 4 is 22.8 Å². The fraction of sp³-hybridized carbons (Fsp3) is 0.714. The minimum Gasteiger partial charge on any atom is -0.373 e. The molecule has 0 bridgehead atoms. The zero-order valence-corrected chi connectivity index (χ0v) is 21.9. The Bertz CT molecular complexity index is 489. The number of hydrogen-bond donors (Lipinski definition) is 1. The lowest BCUT2D eigenvalue weighted by Gasteiger charge is -2.32. The molecule has 0 aromatic heterocycles. The Labute approximate surface area is 185 Å². The van der Waals surface area contributed by atoms with Crippen LogP contribution in [0.4, 0.5) is 0 Å². The Morgan fingerprint density at radius 2 is 1.00 bits per heavy atom. The number of hydrogen-bond acceptors (Lipinski definition) is 7. The molecule has 7 nitrogen and oxygen atoms in total. The number of benzene rings is 1. The predicted molar refractivity (Wildman–Crippen MR) is 126 cm³/mol. The topological polar surface area (TPSA) is 81.4 Å². The molecule has 176 valence electrons. The van der Waals surface area contributed by atoms with Gasteiger partial charge in [0.2, 0.25) is 0 Å². The molecule has 0 amide bonds. The highest BCUT2D eigenvalue weighted by Gasteiger charge is 2.46. The van der Waals surface area contributed by atoms with Gasteiger partial charge in [0.25, 0.3) is 0 Å². The molecule has 2 N–H and O–H groups in total. The van der Waals surface area contributed by atoms with Crippen molar-refractivity contribution in [3.8, 4) is 0 Å². The van der Waals surface area contributed by atoms with E-state index in [4.69, 9.17) is 32.3 Å². The SMILES string of the molecule is CCO[Si](OCC)(OCC)C(N)CC.CCO[Si](OCC)(OCC)c1ccccc1. The van der Waals surface area contributed by atoms with Gasteiger partial charge in [-0.15, -0.1) is 0 Å². The summed E-state index contributed by atoms with van der Waals surface area (Å²) in [6, 6.07) is 9.95. The van der Waals surface area contributed by atoms with E-state index < -0.39 is 17.6 Å². The van der Waals surface area contributed by atoms with Crippen LogP contribution >= 0.6 is 0 Å². The van der Waals surface area contributed by atoms with Crippen molar-refractivity contribution in [1.82, 2.24) is 0 Å². The Morgan fingerprint density at radius 1 is 0.633 bits per heavy atom. The van der Waals surface area contributed by atoms with Gasteiger partial charge >= 0.3 is 17.6 Å². The Hall–Kier alpha value is -0.626. The van der Waals surface area contributed by atoms with Crippen LogP contribution in [0.15, 0.2) is 30.3 Å². The van der Waals surface area contributed by atoms with Crippen molar-refractivity contribution in [3.63, 3.8) is 0 Å². The minimum atomic E-state index is -2.67. The van der Waals surface area contributed by atoms with Gasteiger partial charge < -0.3 is 32.3 Å². The average molecular weight is 462 g/mol. The van der Waals surface area contributed by atoms with Crippen molar-refractivity contribution in [1.29, 1.82) is 0 Å². The molecule has 0 aliphatic heterocycles. The molecule has 1 unspecified atom stereocenters. The van der Waals surface area contributed by atoms with E-state index in [9.17, 15) is 0 Å². The molecule has 9 heteroatoms. The van der Waals surface area contributed by atoms with Crippen LogP contribution in [0.1, 0.15) is 54.9 Å². The first-order valence-corrected chi connectivity index (χ1v) is 14.6. The summed E-state index contributed by atoms with van der Waals surface area (Å²) >= 11 is 0. The third kappa shape index (κ3) is 9.25. The fourth-order valence-electron chi connectivity index (χ4n) is 2.89. The van der Waals surface area contributed by atoms with Crippen LogP contribution in [0.3, 0.4) is 0 Å². The van der Waals surface area contributed by atoms with Crippen LogP contribution in [0.25, 0.3) is 0 Å². The number of rotatable bonds is 15. The third-order valence-electron chi connectivity index (χ3n) is 4.06. The predicted octanol–water partition coefficient (Wildman–Crippen LogP) is 3.25. The molecule has 1 atom stereocenters. The van der Waals surface area contributed by atoms with Gasteiger partial charge in [-0.2, -0.15) is 0 Å². The van der Waals surface area contributed by atoms with E-state index >= 15 is 0 Å². The Kier molecular flexibility index (Phi) is 16.6. The van der Waals surface area contributed by atoms with Gasteiger partial charge in [0, 0.05) is 44.8 Å². The molecule has 0 fully saturated rings. The Balaban J connectivity index is 0.000000567. The molecule has 0 heterocycles. The van der Waals surface area contributed by atoms with E-state index in [0.717, 1.165) is 11.6 Å². The summed E-state index contributed by atoms with van der Waals surface area (Å²) in [6.07, 6.45) is 0.812. The lowest BCUT2D eigenvalue weighted by Crippen LogP contribution is -2.60. The van der Waals surface area contributed by atoms with Gasteiger partial charge in [-0.25, -0.2) is 0 Å². The summed E-state index contributed by atoms with van der Waals surface area (Å²) in [5, 5.41) is 1.03. The van der Waals surface area contributed by atoms with E-state index in [1.54, 1.807) is 0 Å². The lowest BCUT2D eigenvalue weighted by atomic mass is 10.4. The molecule has 0 saturated heterocycles. The molecule has 0 spiro atoms. The summed E-state index contributed by atoms with van der Waals surface area (Å²) in [6.45, 7) is 17.2. The highest BCUT2D eigenvalue weighted by Crippen LogP contribution is 2.15. The molecule has 0 saturated carbocycles. The molecule has 0 aliphatic rings. The van der Waals surface area contributed by atoms with Gasteiger partial charge in [0.15, 0.2) is 0 Å². The van der Waals surface area contributed by atoms with E-state index in [2.05, 4.69) is 0 Å². The first-order chi connectivity index (χ1) is 14.5. The van der Waals surface area contributed by atoms with Crippen LogP contribution in [0, 0.1) is 0 Å². The first kappa shape index (κ1) is 29.4. The highest BCUT2D eigenvalue weighted by molar-refractivity contribution is 6.75. The molecule has 1 aromatic carbocycles. The van der Waals surface area contributed by atoms with E-state index in [1.807, 2.05) is 78.8 Å². The first-order valence-electron chi connectivity index (χ1n) is 11.1. The molecule has 30 heavy (non-hydrogen) atoms. The van der Waals surface area contributed by atoms with Gasteiger partial charge in [0.05, 0.1) is 5.67 Å². The molecule has 1 rings (SSSR count). The van der Waals surface area contributed by atoms with Gasteiger partial charge in [0.1, 0.15) is 0 Å². The number of nitrogens with two attached hydrogens (primary N) is 1. The molecule has 0 aliphatic carbocycles. The highest BCUT2D eigenvalue weighted by atomic mass is 28.4. The molecule has 1 aromatic rings. The van der Waals surface area contributed by atoms with Crippen molar-refractivity contribution in [2.24, 2.45) is 5.73 Å². The largest absolute Gasteiger partial charge is 0.537 e. The molecular weight excluding hydrogens is 418 g/mol. The lowest BCUT2D eigenvalue weighted by molar-refractivity contribution is 0.0618. The van der Waals surface area contributed by atoms with Crippen molar-refractivity contribution in [2.75, 3.05) is 39.6 Å². The van der Waals surface area contributed by atoms with Crippen LogP contribution < -0.4 is 10.9 Å². The van der Waals surface area contributed by atoms with E-state index in [0.29, 0.717) is 39.6 Å². The second-order valence-corrected chi connectivity index (χ2v) is 11.5. The summed E-state index contributed by atoms with van der Waals surface area (Å²) in [7, 11) is -5.29. The Morgan fingerprint density at radius 3 is 1.30 bits per heavy atom. The van der Waals surface area contributed by atoms with Crippen molar-refractivity contribution in [3.05, 3.63) is 30.3 Å². The second kappa shape index (κ2) is 17.0. The van der Waals surface area contributed by atoms with Crippen molar-refractivity contribution < 1.29 is 26.6 Å². The third-order valence-corrected chi connectivity index (χ3v) is 10.5. The van der Waals surface area contributed by atoms with Crippen LogP contribution in [-0.2, 0) is 26.6 Å². The maximum absolute atomic E-state index is 6.00. The van der Waals surface area contributed by atoms with E-state index in [-0.39, 0.29) is 5.67 Å². The van der Waals surface area contributed by atoms with Crippen LogP contribution in [0.2, 0.25) is 0 Å². The normalized spacial score (nSPS) is 12.9. The molecular formula is C21H43NO6Si2. The minimum absolute atomic E-state index is 0.123. The zero-order chi connectivity index (χ0) is 22.9. The summed E-state index contributed by atoms with van der Waals surface area (Å²) < 4.78 is 34.3.